The number of carbonyl (C=O) groups is 2. The van der Waals surface area contributed by atoms with Crippen molar-refractivity contribution in [3.8, 4) is 5.95 Å². The van der Waals surface area contributed by atoms with Crippen LogP contribution in [0, 0.1) is 5.41 Å². The fourth-order valence-corrected chi connectivity index (χ4v) is 4.37. The van der Waals surface area contributed by atoms with Gasteiger partial charge in [-0.15, -0.1) is 0 Å². The van der Waals surface area contributed by atoms with Crippen molar-refractivity contribution >= 4 is 11.8 Å². The number of pyridine rings is 1. The predicted molar refractivity (Wildman–Crippen MR) is 102 cm³/mol. The van der Waals surface area contributed by atoms with E-state index in [-0.39, 0.29) is 17.2 Å². The molecule has 0 bridgehead atoms. The van der Waals surface area contributed by atoms with E-state index in [9.17, 15) is 9.59 Å². The normalized spacial score (nSPS) is 22.5. The lowest BCUT2D eigenvalue weighted by atomic mass is 9.73. The van der Waals surface area contributed by atoms with Gasteiger partial charge in [0, 0.05) is 56.5 Å². The number of ether oxygens (including phenoxy) is 1. The highest BCUT2D eigenvalue weighted by atomic mass is 16.6. The Balaban J connectivity index is 1.47. The van der Waals surface area contributed by atoms with Gasteiger partial charge in [0.1, 0.15) is 0 Å². The van der Waals surface area contributed by atoms with Crippen LogP contribution in [0.25, 0.3) is 0 Å². The standard InChI is InChI=1S/C21H25N3O4/c1-27-19-4-3-17(28-19)20(26)23-12-2-8-21(14-23)9-5-18(25)24(15-21)13-16-6-10-22-11-7-16/h3-4,6-7,10-11H,2,5,8-9,12-15H2,1H3. The minimum atomic E-state index is -0.111. The first kappa shape index (κ1) is 18.5. The van der Waals surface area contributed by atoms with Crippen LogP contribution in [0.5, 0.6) is 5.95 Å². The zero-order valence-electron chi connectivity index (χ0n) is 16.1. The van der Waals surface area contributed by atoms with E-state index in [4.69, 9.17) is 9.15 Å². The Labute approximate surface area is 164 Å². The molecular weight excluding hydrogens is 358 g/mol. The van der Waals surface area contributed by atoms with Crippen molar-refractivity contribution in [2.24, 2.45) is 5.41 Å². The van der Waals surface area contributed by atoms with E-state index in [2.05, 4.69) is 4.98 Å². The molecule has 1 spiro atoms. The van der Waals surface area contributed by atoms with Crippen LogP contribution in [0.3, 0.4) is 0 Å². The summed E-state index contributed by atoms with van der Waals surface area (Å²) in [6.07, 6.45) is 6.81. The molecular formula is C21H25N3O4. The van der Waals surface area contributed by atoms with Crippen molar-refractivity contribution in [1.82, 2.24) is 14.8 Å². The molecule has 2 saturated heterocycles. The van der Waals surface area contributed by atoms with Crippen LogP contribution in [-0.4, -0.2) is 53.3 Å². The van der Waals surface area contributed by atoms with Gasteiger partial charge in [-0.25, -0.2) is 0 Å². The van der Waals surface area contributed by atoms with Gasteiger partial charge in [-0.3, -0.25) is 14.6 Å². The number of piperidine rings is 2. The van der Waals surface area contributed by atoms with Gasteiger partial charge >= 0.3 is 0 Å². The largest absolute Gasteiger partial charge is 0.468 e. The highest BCUT2D eigenvalue weighted by Crippen LogP contribution is 2.39. The quantitative estimate of drug-likeness (QED) is 0.811. The molecule has 2 amide bonds. The van der Waals surface area contributed by atoms with Crippen molar-refractivity contribution in [3.05, 3.63) is 48.0 Å². The second-order valence-corrected chi connectivity index (χ2v) is 7.76. The molecule has 2 aromatic heterocycles. The van der Waals surface area contributed by atoms with Gasteiger partial charge in [0.15, 0.2) is 5.76 Å². The summed E-state index contributed by atoms with van der Waals surface area (Å²) in [5.74, 6) is 0.706. The van der Waals surface area contributed by atoms with Crippen molar-refractivity contribution in [2.75, 3.05) is 26.7 Å². The molecule has 148 valence electrons. The van der Waals surface area contributed by atoms with E-state index in [1.165, 1.54) is 7.11 Å². The number of hydrogen-bond acceptors (Lipinski definition) is 5. The number of hydrogen-bond donors (Lipinski definition) is 0. The molecule has 7 heteroatoms. The van der Waals surface area contributed by atoms with Gasteiger partial charge in [0.2, 0.25) is 5.91 Å². The molecule has 2 fully saturated rings. The molecule has 2 aromatic rings. The van der Waals surface area contributed by atoms with Crippen molar-refractivity contribution in [3.63, 3.8) is 0 Å². The SMILES string of the molecule is COc1ccc(C(=O)N2CCCC3(CCC(=O)N(Cc4ccncc4)C3)C2)o1. The number of likely N-dealkylation sites (tertiary alicyclic amines) is 2. The molecule has 1 atom stereocenters. The summed E-state index contributed by atoms with van der Waals surface area (Å²) >= 11 is 0. The molecule has 7 nitrogen and oxygen atoms in total. The van der Waals surface area contributed by atoms with Crippen LogP contribution < -0.4 is 4.74 Å². The van der Waals surface area contributed by atoms with Crippen LogP contribution in [-0.2, 0) is 11.3 Å². The first-order valence-electron chi connectivity index (χ1n) is 9.68. The average molecular weight is 383 g/mol. The lowest BCUT2D eigenvalue weighted by Gasteiger charge is -2.48. The lowest BCUT2D eigenvalue weighted by molar-refractivity contribution is -0.139. The van der Waals surface area contributed by atoms with Crippen LogP contribution >= 0.6 is 0 Å². The molecule has 0 aromatic carbocycles. The number of amides is 2. The molecule has 2 aliphatic rings. The fraction of sp³-hybridized carbons (Fsp3) is 0.476. The highest BCUT2D eigenvalue weighted by molar-refractivity contribution is 5.91. The summed E-state index contributed by atoms with van der Waals surface area (Å²) < 4.78 is 10.5. The third-order valence-corrected chi connectivity index (χ3v) is 5.81. The monoisotopic (exact) mass is 383 g/mol. The molecule has 0 N–H and O–H groups in total. The van der Waals surface area contributed by atoms with Gasteiger partial charge in [0.25, 0.3) is 11.9 Å². The highest BCUT2D eigenvalue weighted by Gasteiger charge is 2.43. The van der Waals surface area contributed by atoms with Gasteiger partial charge < -0.3 is 19.0 Å². The Hall–Kier alpha value is -2.83. The maximum absolute atomic E-state index is 12.9. The van der Waals surface area contributed by atoms with Gasteiger partial charge in [0.05, 0.1) is 7.11 Å². The second-order valence-electron chi connectivity index (χ2n) is 7.76. The summed E-state index contributed by atoms with van der Waals surface area (Å²) in [6, 6.07) is 7.19. The van der Waals surface area contributed by atoms with Gasteiger partial charge in [-0.1, -0.05) is 0 Å². The smallest absolute Gasteiger partial charge is 0.289 e. The van der Waals surface area contributed by atoms with E-state index in [1.807, 2.05) is 21.9 Å². The molecule has 4 heterocycles. The second kappa shape index (κ2) is 7.66. The fourth-order valence-electron chi connectivity index (χ4n) is 4.37. The number of furan rings is 1. The van der Waals surface area contributed by atoms with Gasteiger partial charge in [-0.05, 0) is 43.0 Å². The molecule has 1 unspecified atom stereocenters. The molecule has 2 aliphatic heterocycles. The first-order valence-corrected chi connectivity index (χ1v) is 9.68. The maximum Gasteiger partial charge on any atom is 0.289 e. The number of aromatic nitrogens is 1. The van der Waals surface area contributed by atoms with Crippen LogP contribution in [0.1, 0.15) is 41.8 Å². The third-order valence-electron chi connectivity index (χ3n) is 5.81. The van der Waals surface area contributed by atoms with E-state index in [1.54, 1.807) is 24.5 Å². The van der Waals surface area contributed by atoms with Crippen molar-refractivity contribution in [2.45, 2.75) is 32.2 Å². The number of nitrogens with zero attached hydrogens (tertiary/aromatic N) is 3. The molecule has 4 rings (SSSR count). The minimum Gasteiger partial charge on any atom is -0.468 e. The summed E-state index contributed by atoms with van der Waals surface area (Å²) in [5.41, 5.74) is 1.03. The van der Waals surface area contributed by atoms with Crippen LogP contribution in [0.4, 0.5) is 0 Å². The number of methoxy groups -OCH3 is 1. The summed E-state index contributed by atoms with van der Waals surface area (Å²) in [7, 11) is 1.51. The molecule has 0 radical (unpaired) electrons. The molecule has 0 aliphatic carbocycles. The lowest BCUT2D eigenvalue weighted by Crippen LogP contribution is -2.54. The minimum absolute atomic E-state index is 0.0501. The zero-order chi connectivity index (χ0) is 19.6. The zero-order valence-corrected chi connectivity index (χ0v) is 16.1. The maximum atomic E-state index is 12.9. The van der Waals surface area contributed by atoms with Crippen LogP contribution in [0.2, 0.25) is 0 Å². The van der Waals surface area contributed by atoms with E-state index in [0.717, 1.165) is 24.8 Å². The summed E-state index contributed by atoms with van der Waals surface area (Å²) in [4.78, 5) is 33.2. The molecule has 28 heavy (non-hydrogen) atoms. The Morgan fingerprint density at radius 1 is 1.21 bits per heavy atom. The van der Waals surface area contributed by atoms with Gasteiger partial charge in [-0.2, -0.15) is 0 Å². The summed E-state index contributed by atoms with van der Waals surface area (Å²) in [6.45, 7) is 2.63. The molecule has 0 saturated carbocycles. The van der Waals surface area contributed by atoms with E-state index in [0.29, 0.717) is 44.3 Å². The topological polar surface area (TPSA) is 75.9 Å². The van der Waals surface area contributed by atoms with Crippen LogP contribution in [0.15, 0.2) is 41.1 Å². The Bertz CT molecular complexity index is 850. The number of rotatable bonds is 4. The first-order chi connectivity index (χ1) is 13.6. The van der Waals surface area contributed by atoms with E-state index >= 15 is 0 Å². The third kappa shape index (κ3) is 3.74. The Morgan fingerprint density at radius 3 is 2.79 bits per heavy atom. The number of carbonyl (C=O) groups excluding carboxylic acids is 2. The predicted octanol–water partition coefficient (Wildman–Crippen LogP) is 2.73. The average Bonchev–Trinajstić information content (AvgIpc) is 3.21. The van der Waals surface area contributed by atoms with E-state index < -0.39 is 0 Å². The summed E-state index contributed by atoms with van der Waals surface area (Å²) in [5, 5.41) is 0. The Kier molecular flexibility index (Phi) is 5.07. The van der Waals surface area contributed by atoms with Crippen molar-refractivity contribution < 1.29 is 18.7 Å². The van der Waals surface area contributed by atoms with Crippen molar-refractivity contribution in [1.29, 1.82) is 0 Å². The Morgan fingerprint density at radius 2 is 2.04 bits per heavy atom.